The molecule has 1 amide bonds. The number of aliphatic hydroxyl groups excluding tert-OH is 1. The predicted octanol–water partition coefficient (Wildman–Crippen LogP) is 4.17. The summed E-state index contributed by atoms with van der Waals surface area (Å²) in [4.78, 5) is 31.5. The van der Waals surface area contributed by atoms with Crippen molar-refractivity contribution in [2.24, 2.45) is 0 Å². The molecule has 2 aliphatic heterocycles. The van der Waals surface area contributed by atoms with E-state index in [4.69, 9.17) is 4.74 Å². The molecule has 2 atom stereocenters. The van der Waals surface area contributed by atoms with Crippen molar-refractivity contribution in [2.75, 3.05) is 0 Å². The number of hydrogen-bond donors (Lipinski definition) is 1. The van der Waals surface area contributed by atoms with Gasteiger partial charge in [0, 0.05) is 36.5 Å². The Hall–Kier alpha value is -4.00. The van der Waals surface area contributed by atoms with Gasteiger partial charge in [-0.3, -0.25) is 14.6 Å². The number of fused-ring (bicyclic) bond motifs is 1. The van der Waals surface area contributed by atoms with Gasteiger partial charge in [0.05, 0.1) is 11.6 Å². The van der Waals surface area contributed by atoms with E-state index < -0.39 is 23.5 Å². The minimum Gasteiger partial charge on any atom is -0.507 e. The highest BCUT2D eigenvalue weighted by Crippen LogP contribution is 2.42. The van der Waals surface area contributed by atoms with Gasteiger partial charge in [0.25, 0.3) is 11.7 Å². The summed E-state index contributed by atoms with van der Waals surface area (Å²) in [6.45, 7) is 2.01. The second kappa shape index (κ2) is 8.16. The zero-order valence-electron chi connectivity index (χ0n) is 17.9. The maximum atomic E-state index is 14.9. The number of rotatable bonds is 4. The molecule has 1 fully saturated rings. The molecule has 1 N–H and O–H groups in total. The Morgan fingerprint density at radius 3 is 2.67 bits per heavy atom. The number of Topliss-reactive ketones (excluding diaryl/α,β-unsaturated/α-hetero) is 1. The number of aliphatic hydroxyl groups is 1. The van der Waals surface area contributed by atoms with Crippen molar-refractivity contribution in [1.82, 2.24) is 9.88 Å². The summed E-state index contributed by atoms with van der Waals surface area (Å²) in [6, 6.07) is 13.5. The number of hydrogen-bond acceptors (Lipinski definition) is 5. The maximum absolute atomic E-state index is 14.9. The number of benzene rings is 2. The molecule has 5 rings (SSSR count). The quantitative estimate of drug-likeness (QED) is 0.371. The number of nitrogens with zero attached hydrogens (tertiary/aromatic N) is 2. The lowest BCUT2D eigenvalue weighted by atomic mass is 9.94. The lowest BCUT2D eigenvalue weighted by Gasteiger charge is -2.25. The Morgan fingerprint density at radius 2 is 1.91 bits per heavy atom. The highest BCUT2D eigenvalue weighted by atomic mass is 19.1. The van der Waals surface area contributed by atoms with E-state index >= 15 is 0 Å². The first-order valence-corrected chi connectivity index (χ1v) is 10.7. The third-order valence-corrected chi connectivity index (χ3v) is 6.01. The predicted molar refractivity (Wildman–Crippen MR) is 119 cm³/mol. The number of pyridine rings is 1. The molecule has 0 aliphatic carbocycles. The maximum Gasteiger partial charge on any atom is 0.295 e. The number of ketones is 1. The Bertz CT molecular complexity index is 1290. The summed E-state index contributed by atoms with van der Waals surface area (Å²) in [5.41, 5.74) is 2.03. The van der Waals surface area contributed by atoms with Crippen molar-refractivity contribution in [3.63, 3.8) is 0 Å². The van der Waals surface area contributed by atoms with Gasteiger partial charge >= 0.3 is 0 Å². The second-order valence-corrected chi connectivity index (χ2v) is 8.26. The molecular formula is C26H21FN2O4. The van der Waals surface area contributed by atoms with Crippen LogP contribution in [0.15, 0.2) is 72.6 Å². The van der Waals surface area contributed by atoms with Crippen LogP contribution in [0.3, 0.4) is 0 Å². The molecule has 3 aromatic rings. The zero-order valence-corrected chi connectivity index (χ0v) is 17.9. The topological polar surface area (TPSA) is 79.7 Å². The Labute approximate surface area is 190 Å². The van der Waals surface area contributed by atoms with Gasteiger partial charge in [-0.1, -0.05) is 18.2 Å². The highest BCUT2D eigenvalue weighted by molar-refractivity contribution is 6.46. The van der Waals surface area contributed by atoms with Gasteiger partial charge in [0.2, 0.25) is 0 Å². The van der Waals surface area contributed by atoms with Crippen LogP contribution in [0.5, 0.6) is 5.75 Å². The van der Waals surface area contributed by atoms with E-state index in [0.717, 1.165) is 16.9 Å². The van der Waals surface area contributed by atoms with Crippen molar-refractivity contribution in [1.29, 1.82) is 0 Å². The Kier molecular flexibility index (Phi) is 5.17. The van der Waals surface area contributed by atoms with Crippen LogP contribution in [0.25, 0.3) is 5.76 Å². The minimum absolute atomic E-state index is 0.0155. The molecule has 2 aromatic carbocycles. The third-order valence-electron chi connectivity index (χ3n) is 6.01. The number of carbonyl (C=O) groups excluding carboxylic acids is 2. The lowest BCUT2D eigenvalue weighted by Crippen LogP contribution is -2.29. The van der Waals surface area contributed by atoms with Crippen LogP contribution in [0.1, 0.15) is 35.2 Å². The van der Waals surface area contributed by atoms with Crippen molar-refractivity contribution in [3.05, 3.63) is 101 Å². The summed E-state index contributed by atoms with van der Waals surface area (Å²) < 4.78 is 20.6. The fourth-order valence-electron chi connectivity index (χ4n) is 4.47. The average Bonchev–Trinajstić information content (AvgIpc) is 3.31. The molecular weight excluding hydrogens is 423 g/mol. The number of aromatic nitrogens is 1. The van der Waals surface area contributed by atoms with E-state index in [2.05, 4.69) is 4.98 Å². The first-order chi connectivity index (χ1) is 15.9. The smallest absolute Gasteiger partial charge is 0.295 e. The summed E-state index contributed by atoms with van der Waals surface area (Å²) >= 11 is 0. The third kappa shape index (κ3) is 3.65. The number of likely N-dealkylation sites (tertiary alicyclic amines) is 1. The number of carbonyl (C=O) groups is 2. The van der Waals surface area contributed by atoms with Gasteiger partial charge in [0.1, 0.15) is 23.4 Å². The largest absolute Gasteiger partial charge is 0.507 e. The van der Waals surface area contributed by atoms with Gasteiger partial charge < -0.3 is 14.7 Å². The van der Waals surface area contributed by atoms with Gasteiger partial charge in [0.15, 0.2) is 0 Å². The van der Waals surface area contributed by atoms with E-state index in [9.17, 15) is 19.1 Å². The molecule has 3 heterocycles. The van der Waals surface area contributed by atoms with E-state index in [0.29, 0.717) is 12.0 Å². The van der Waals surface area contributed by atoms with Crippen LogP contribution in [-0.2, 0) is 22.6 Å². The van der Waals surface area contributed by atoms with E-state index in [-0.39, 0.29) is 29.5 Å². The normalized spacial score (nSPS) is 21.2. The fourth-order valence-corrected chi connectivity index (χ4v) is 4.47. The molecule has 1 saturated heterocycles. The van der Waals surface area contributed by atoms with Crippen LogP contribution in [0.4, 0.5) is 4.39 Å². The number of halogens is 1. The summed E-state index contributed by atoms with van der Waals surface area (Å²) in [6.07, 6.45) is 3.85. The molecule has 33 heavy (non-hydrogen) atoms. The van der Waals surface area contributed by atoms with Crippen molar-refractivity contribution in [3.8, 4) is 5.75 Å². The lowest BCUT2D eigenvalue weighted by molar-refractivity contribution is -0.140. The Balaban J connectivity index is 1.65. The van der Waals surface area contributed by atoms with Crippen molar-refractivity contribution in [2.45, 2.75) is 32.0 Å². The Morgan fingerprint density at radius 1 is 1.15 bits per heavy atom. The van der Waals surface area contributed by atoms with Crippen LogP contribution >= 0.6 is 0 Å². The number of ether oxygens (including phenoxy) is 1. The average molecular weight is 444 g/mol. The monoisotopic (exact) mass is 444 g/mol. The van der Waals surface area contributed by atoms with Crippen LogP contribution in [-0.4, -0.2) is 32.8 Å². The molecule has 0 saturated carbocycles. The molecule has 166 valence electrons. The second-order valence-electron chi connectivity index (χ2n) is 8.26. The summed E-state index contributed by atoms with van der Waals surface area (Å²) in [7, 11) is 0. The first-order valence-electron chi connectivity index (χ1n) is 10.7. The first kappa shape index (κ1) is 20.9. The zero-order chi connectivity index (χ0) is 23.1. The summed E-state index contributed by atoms with van der Waals surface area (Å²) in [5, 5.41) is 11.2. The summed E-state index contributed by atoms with van der Waals surface area (Å²) in [5.74, 6) is -1.81. The van der Waals surface area contributed by atoms with E-state index in [1.54, 1.807) is 48.8 Å². The fraction of sp³-hybridized carbons (Fsp3) is 0.192. The van der Waals surface area contributed by atoms with Crippen molar-refractivity contribution >= 4 is 17.4 Å². The molecule has 0 spiro atoms. The van der Waals surface area contributed by atoms with Crippen LogP contribution in [0.2, 0.25) is 0 Å². The van der Waals surface area contributed by atoms with Crippen molar-refractivity contribution < 1.29 is 23.8 Å². The molecule has 7 heteroatoms. The molecule has 2 aliphatic rings. The molecule has 0 unspecified atom stereocenters. The van der Waals surface area contributed by atoms with E-state index in [1.165, 1.54) is 23.1 Å². The SMILES string of the molecule is C[C@@H]1Cc2cc(/C(O)=C3\C(=O)C(=O)N(Cc4ccncc4)[C@H]3c3ccccc3F)ccc2O1. The molecule has 0 bridgehead atoms. The minimum atomic E-state index is -1.07. The standard InChI is InChI=1S/C26H21FN2O4/c1-15-12-18-13-17(6-7-21(18)33-15)24(30)22-23(19-4-2-3-5-20(19)27)29(26(32)25(22)31)14-16-8-10-28-11-9-16/h2-11,13,15,23,30H,12,14H2,1H3/b24-22+/t15-,23+/m1/s1. The highest BCUT2D eigenvalue weighted by Gasteiger charge is 2.47. The number of amides is 1. The van der Waals surface area contributed by atoms with Crippen LogP contribution < -0.4 is 4.74 Å². The van der Waals surface area contributed by atoms with Gasteiger partial charge in [-0.25, -0.2) is 4.39 Å². The van der Waals surface area contributed by atoms with E-state index in [1.807, 2.05) is 6.92 Å². The van der Waals surface area contributed by atoms with Gasteiger partial charge in [-0.15, -0.1) is 0 Å². The van der Waals surface area contributed by atoms with Crippen LogP contribution in [0, 0.1) is 5.82 Å². The molecule has 1 aromatic heterocycles. The molecule has 0 radical (unpaired) electrons. The van der Waals surface area contributed by atoms with Gasteiger partial charge in [-0.05, 0) is 54.4 Å². The van der Waals surface area contributed by atoms with Gasteiger partial charge in [-0.2, -0.15) is 0 Å². The molecule has 6 nitrogen and oxygen atoms in total.